The third-order valence-electron chi connectivity index (χ3n) is 15.5. The summed E-state index contributed by atoms with van der Waals surface area (Å²) in [5.74, 6) is -4.56. The van der Waals surface area contributed by atoms with Crippen molar-refractivity contribution in [3.63, 3.8) is 0 Å². The number of esters is 2. The van der Waals surface area contributed by atoms with Crippen LogP contribution in [0.3, 0.4) is 0 Å². The predicted molar refractivity (Wildman–Crippen MR) is 333 cm³/mol. The van der Waals surface area contributed by atoms with Crippen LogP contribution >= 0.6 is 12.2 Å². The molecule has 26 heteroatoms. The van der Waals surface area contributed by atoms with Gasteiger partial charge in [0.1, 0.15) is 24.7 Å². The Kier molecular flexibility index (Phi) is 19.4. The molecule has 9 N–H and O–H groups in total. The molecule has 0 bridgehead atoms. The Morgan fingerprint density at radius 3 is 2.25 bits per heavy atom. The fourth-order valence-corrected chi connectivity index (χ4v) is 12.4. The number of likely N-dealkylation sites (tertiary alicyclic amines) is 1. The van der Waals surface area contributed by atoms with Crippen molar-refractivity contribution < 1.29 is 56.6 Å². The van der Waals surface area contributed by atoms with Gasteiger partial charge >= 0.3 is 30.0 Å². The number of carbonyl (C=O) groups is 7. The first-order chi connectivity index (χ1) is 42.1. The Morgan fingerprint density at radius 2 is 1.53 bits per heavy atom. The van der Waals surface area contributed by atoms with Crippen molar-refractivity contribution in [2.24, 2.45) is 5.92 Å². The molecular weight excluding hydrogens is 1170 g/mol. The maximum absolute atomic E-state index is 14.4. The Bertz CT molecular complexity index is 3900. The van der Waals surface area contributed by atoms with Gasteiger partial charge in [-0.3, -0.25) is 23.9 Å². The summed E-state index contributed by atoms with van der Waals surface area (Å²) in [5, 5.41) is 30.3. The smallest absolute Gasteiger partial charge is 0.355 e. The van der Waals surface area contributed by atoms with Gasteiger partial charge in [-0.1, -0.05) is 77.4 Å². The number of aromatic nitrogens is 2. The number of carboxylic acids is 1. The van der Waals surface area contributed by atoms with E-state index in [0.29, 0.717) is 61.4 Å². The van der Waals surface area contributed by atoms with Crippen LogP contribution in [-0.4, -0.2) is 106 Å². The largest absolute Gasteiger partial charge is 0.481 e. The fraction of sp³-hybridized carbons (Fsp3) is 0.355. The molecule has 1 saturated heterocycles. The van der Waals surface area contributed by atoms with Crippen molar-refractivity contribution in [1.82, 2.24) is 35.7 Å². The molecule has 2 unspecified atom stereocenters. The number of nitrogens with one attached hydrogen (secondary N) is 8. The molecule has 0 radical (unpaired) electrons. The maximum Gasteiger partial charge on any atom is 0.355 e. The zero-order valence-electron chi connectivity index (χ0n) is 49.1. The maximum atomic E-state index is 14.4. The number of amides is 6. The van der Waals surface area contributed by atoms with Crippen LogP contribution in [-0.2, 0) is 62.2 Å². The summed E-state index contributed by atoms with van der Waals surface area (Å²) in [6.45, 7) is 9.46. The van der Waals surface area contributed by atoms with E-state index in [-0.39, 0.29) is 64.2 Å². The van der Waals surface area contributed by atoms with E-state index in [2.05, 4.69) is 41.9 Å². The van der Waals surface area contributed by atoms with Gasteiger partial charge in [0.05, 0.1) is 46.4 Å². The summed E-state index contributed by atoms with van der Waals surface area (Å²) in [4.78, 5) is 115. The number of rotatable bonds is 22. The Morgan fingerprint density at radius 1 is 0.818 bits per heavy atom. The van der Waals surface area contributed by atoms with Gasteiger partial charge in [-0.05, 0) is 129 Å². The number of benzene rings is 4. The number of thiocarbonyl (C=S) groups is 1. The van der Waals surface area contributed by atoms with Crippen molar-refractivity contribution >= 4 is 103 Å². The van der Waals surface area contributed by atoms with Gasteiger partial charge in [0, 0.05) is 52.4 Å². The highest BCUT2D eigenvalue weighted by Crippen LogP contribution is 2.41. The molecule has 0 spiro atoms. The number of pyridine rings is 2. The highest BCUT2D eigenvalue weighted by Gasteiger charge is 2.52. The number of aliphatic carboxylic acids is 1. The van der Waals surface area contributed by atoms with Crippen molar-refractivity contribution in [1.29, 1.82) is 0 Å². The van der Waals surface area contributed by atoms with Crippen LogP contribution in [0.1, 0.15) is 108 Å². The molecule has 5 atom stereocenters. The number of ether oxygens (including phenoxy) is 2. The summed E-state index contributed by atoms with van der Waals surface area (Å²) >= 11 is 5.66. The highest BCUT2D eigenvalue weighted by molar-refractivity contribution is 7.92. The molecule has 1 fully saturated rings. The number of hydrogen-bond donors (Lipinski definition) is 9. The van der Waals surface area contributed by atoms with E-state index >= 15 is 0 Å². The van der Waals surface area contributed by atoms with Crippen LogP contribution in [0.4, 0.5) is 32.3 Å². The van der Waals surface area contributed by atoms with Gasteiger partial charge in [0.25, 0.3) is 15.6 Å². The van der Waals surface area contributed by atoms with E-state index < -0.39 is 99.5 Å². The van der Waals surface area contributed by atoms with Gasteiger partial charge in [-0.15, -0.1) is 0 Å². The lowest BCUT2D eigenvalue weighted by Gasteiger charge is -2.37. The van der Waals surface area contributed by atoms with Gasteiger partial charge in [0.15, 0.2) is 5.11 Å². The summed E-state index contributed by atoms with van der Waals surface area (Å²) < 4.78 is 42.7. The highest BCUT2D eigenvalue weighted by atomic mass is 32.2. The van der Waals surface area contributed by atoms with Crippen LogP contribution in [0.5, 0.6) is 0 Å². The number of nitrogens with zero attached hydrogens (tertiary/aromatic N) is 3. The van der Waals surface area contributed by atoms with Crippen molar-refractivity contribution in [3.05, 3.63) is 142 Å². The van der Waals surface area contributed by atoms with Crippen LogP contribution in [0.2, 0.25) is 0 Å². The number of fused-ring (bicyclic) bond motifs is 5. The molecule has 88 heavy (non-hydrogen) atoms. The van der Waals surface area contributed by atoms with E-state index in [0.717, 1.165) is 16.5 Å². The molecule has 0 aliphatic carbocycles. The van der Waals surface area contributed by atoms with Crippen molar-refractivity contribution in [2.75, 3.05) is 33.8 Å². The van der Waals surface area contributed by atoms with Crippen molar-refractivity contribution in [2.45, 2.75) is 127 Å². The monoisotopic (exact) mass is 1240 g/mol. The molecule has 24 nitrogen and oxygen atoms in total. The molecule has 4 aromatic carbocycles. The summed E-state index contributed by atoms with van der Waals surface area (Å²) in [7, 11) is -4.19. The van der Waals surface area contributed by atoms with Crippen LogP contribution < -0.4 is 47.5 Å². The predicted octanol–water partition coefficient (Wildman–Crippen LogP) is 7.59. The number of carbonyl (C=O) groups excluding carboxylic acids is 6. The second-order valence-electron chi connectivity index (χ2n) is 22.0. The molecule has 9 rings (SSSR count). The summed E-state index contributed by atoms with van der Waals surface area (Å²) in [6, 6.07) is 23.7. The van der Waals surface area contributed by atoms with Crippen LogP contribution in [0.25, 0.3) is 22.3 Å². The molecule has 2 aromatic heterocycles. The fourth-order valence-electron chi connectivity index (χ4n) is 11.0. The van der Waals surface area contributed by atoms with E-state index in [1.54, 1.807) is 61.7 Å². The second-order valence-corrected chi connectivity index (χ2v) is 24.1. The number of carboxylic acid groups (broad SMARTS) is 1. The number of cyclic esters (lactones) is 1. The molecule has 3 aliphatic rings. The minimum Gasteiger partial charge on any atom is -0.481 e. The van der Waals surface area contributed by atoms with E-state index in [4.69, 9.17) is 26.7 Å². The third kappa shape index (κ3) is 14.0. The molecule has 5 heterocycles. The Hall–Kier alpha value is -9.43. The summed E-state index contributed by atoms with van der Waals surface area (Å²) in [6.07, 6.45) is 1.76. The lowest BCUT2D eigenvalue weighted by Crippen LogP contribution is -2.57. The van der Waals surface area contributed by atoms with Crippen molar-refractivity contribution in [3.8, 4) is 11.4 Å². The zero-order chi connectivity index (χ0) is 63.0. The first-order valence-electron chi connectivity index (χ1n) is 29.0. The molecule has 0 saturated carbocycles. The first kappa shape index (κ1) is 63.1. The number of para-hydroxylation sites is 1. The number of anilines is 4. The molecule has 462 valence electrons. The van der Waals surface area contributed by atoms with Gasteiger partial charge in [0.2, 0.25) is 17.4 Å². The third-order valence-corrected chi connectivity index (χ3v) is 17.1. The number of urea groups is 2. The van der Waals surface area contributed by atoms with E-state index in [1.807, 2.05) is 44.2 Å². The Balaban J connectivity index is 0.804. The topological polar surface area (TPSA) is 327 Å². The molecule has 6 aromatic rings. The Labute approximate surface area is 513 Å². The standard InChI is InChI=1S/C62H69N11O13S2/c1-6-14-47(69-61(87)66-40-24-22-39(23-25-40)64-60(82)68-48(32-51(74)75)37-16-11-18-42(29-37)71-88(83,84)43-19-12-17-41(30-43)65-59(81)63-26-7-2)56(78)72-27-13-21-49(72)54(76)70-52(35(4)5)57(79)86-62(8-3)45-31-50-53-38(28-36-15-9-10-20-46(36)67-53)33-73(50)55(77)44(45)34-85-58(62)80/h9-12,15-20,22-25,28-31,35,47-49,52,71H,6-8,13-14,21,26-27,32-34H2,1-5H3,(H,70,76)(H,74,75)(H2,63,65,81)(H2,64,68,82)(H2,66,69,87)/t47?,48?,49-,52-,62-/m0/s1. The molecule has 6 amide bonds. The SMILES string of the molecule is CCCNC(=O)Nc1cccc(S(=O)(=O)Nc2cccc(C(CC(=O)O)NC(=O)Nc3ccc(NC(=S)NC(CCC)C(=O)N4CCC[C@H]4C(=O)N[C@H](C(=O)O[C@]4(CC)C(=O)OCc5c4cc4n(c5=O)Cc5cc6ccccc6nc5-4)C(C)C)cc3)c2)c1. The minimum absolute atomic E-state index is 0.0840. The number of sulfonamides is 1. The van der Waals surface area contributed by atoms with Crippen LogP contribution in [0, 0.1) is 5.92 Å². The van der Waals surface area contributed by atoms with Gasteiger partial charge in [-0.25, -0.2) is 32.6 Å². The normalized spacial score (nSPS) is 16.8. The lowest BCUT2D eigenvalue weighted by molar-refractivity contribution is -0.191. The minimum atomic E-state index is -4.19. The van der Waals surface area contributed by atoms with Gasteiger partial charge < -0.3 is 61.3 Å². The van der Waals surface area contributed by atoms with Crippen LogP contribution in [0.15, 0.2) is 119 Å². The van der Waals surface area contributed by atoms with Gasteiger partial charge in [-0.2, -0.15) is 0 Å². The average molecular weight is 1240 g/mol. The molecular formula is C62H69N11O13S2. The second kappa shape index (κ2) is 27.1. The van der Waals surface area contributed by atoms with E-state index in [9.17, 15) is 51.9 Å². The average Bonchev–Trinajstić information content (AvgIpc) is 1.40. The lowest BCUT2D eigenvalue weighted by atomic mass is 9.85. The number of hydrogen-bond acceptors (Lipinski definition) is 14. The summed E-state index contributed by atoms with van der Waals surface area (Å²) in [5.41, 5.74) is 1.93. The first-order valence-corrected chi connectivity index (χ1v) is 30.9. The van der Waals surface area contributed by atoms with E-state index in [1.165, 1.54) is 47.4 Å². The zero-order valence-corrected chi connectivity index (χ0v) is 50.7. The quantitative estimate of drug-likeness (QED) is 0.0233. The molecule has 3 aliphatic heterocycles.